The number of hydrogen-bond acceptors (Lipinski definition) is 12. The molecule has 2 aromatic rings. The summed E-state index contributed by atoms with van der Waals surface area (Å²) in [5.74, 6) is -9.13. The average Bonchev–Trinajstić information content (AvgIpc) is 3.86. The third kappa shape index (κ3) is 19.3. The molecule has 2 aliphatic heterocycles. The van der Waals surface area contributed by atoms with Gasteiger partial charge in [-0.1, -0.05) is 74.5 Å². The number of benzene rings is 2. The van der Waals surface area contributed by atoms with Gasteiger partial charge in [-0.25, -0.2) is 0 Å². The van der Waals surface area contributed by atoms with Gasteiger partial charge in [0.2, 0.25) is 53.2 Å². The summed E-state index contributed by atoms with van der Waals surface area (Å²) in [5.41, 5.74) is 18.2. The van der Waals surface area contributed by atoms with Crippen LogP contribution in [0.5, 0.6) is 0 Å². The third-order valence-corrected chi connectivity index (χ3v) is 12.8. The van der Waals surface area contributed by atoms with Crippen molar-refractivity contribution in [1.29, 1.82) is 0 Å². The lowest BCUT2D eigenvalue weighted by atomic mass is 10.0. The summed E-state index contributed by atoms with van der Waals surface area (Å²) < 4.78 is 0. The summed E-state index contributed by atoms with van der Waals surface area (Å²) in [4.78, 5) is 146. The first-order chi connectivity index (χ1) is 35.7. The summed E-state index contributed by atoms with van der Waals surface area (Å²) in [7, 11) is 1.44. The number of unbranched alkanes of at least 4 members (excludes halogenated alkanes) is 1. The van der Waals surface area contributed by atoms with Gasteiger partial charge in [0.25, 0.3) is 0 Å². The van der Waals surface area contributed by atoms with Crippen LogP contribution in [0.3, 0.4) is 0 Å². The quantitative estimate of drug-likeness (QED) is 0.0495. The first kappa shape index (κ1) is 59.9. The number of fused-ring (bicyclic) bond motifs is 1. The third-order valence-electron chi connectivity index (χ3n) is 12.8. The van der Waals surface area contributed by atoms with Gasteiger partial charge in [-0.3, -0.25) is 52.9 Å². The molecule has 4 rings (SSSR count). The highest BCUT2D eigenvalue weighted by atomic mass is 16.4. The van der Waals surface area contributed by atoms with E-state index in [1.807, 2.05) is 0 Å². The minimum Gasteiger partial charge on any atom is -0.481 e. The number of nitrogens with one attached hydrogen (secondary N) is 7. The Labute approximate surface area is 436 Å². The topological polar surface area (TPSA) is 372 Å². The summed E-state index contributed by atoms with van der Waals surface area (Å²) in [5, 5.41) is 27.8. The van der Waals surface area contributed by atoms with Crippen molar-refractivity contribution < 1.29 is 53.1 Å². The van der Waals surface area contributed by atoms with Crippen LogP contribution in [-0.2, 0) is 60.8 Å². The molecule has 14 N–H and O–H groups in total. The Kier molecular flexibility index (Phi) is 23.9. The van der Waals surface area contributed by atoms with Gasteiger partial charge in [0.05, 0.1) is 13.0 Å². The lowest BCUT2D eigenvalue weighted by molar-refractivity contribution is -0.148. The minimum atomic E-state index is -1.75. The second-order valence-corrected chi connectivity index (χ2v) is 19.3. The number of carbonyl (C=O) groups excluding carboxylic acids is 9. The number of nitrogens with two attached hydrogens (primary N) is 3. The molecule has 8 atom stereocenters. The van der Waals surface area contributed by atoms with E-state index < -0.39 is 120 Å². The molecule has 2 fully saturated rings. The Morgan fingerprint density at radius 1 is 0.680 bits per heavy atom. The highest BCUT2D eigenvalue weighted by molar-refractivity contribution is 5.99. The van der Waals surface area contributed by atoms with Gasteiger partial charge in [-0.05, 0) is 81.9 Å². The zero-order valence-corrected chi connectivity index (χ0v) is 43.2. The van der Waals surface area contributed by atoms with Gasteiger partial charge in [0.1, 0.15) is 48.3 Å². The zero-order valence-electron chi connectivity index (χ0n) is 43.2. The number of likely N-dealkylation sites (N-methyl/N-ethyl adjacent to an activating group) is 1. The maximum absolute atomic E-state index is 14.7. The van der Waals surface area contributed by atoms with E-state index in [0.717, 1.165) is 0 Å². The number of rotatable bonds is 16. The molecular weight excluding hydrogens is 971 g/mol. The number of aliphatic imine (C=N–C) groups is 1. The summed E-state index contributed by atoms with van der Waals surface area (Å²) in [6, 6.07) is 6.97. The molecule has 9 amide bonds. The van der Waals surface area contributed by atoms with Gasteiger partial charge in [-0.2, -0.15) is 0 Å². The van der Waals surface area contributed by atoms with Crippen molar-refractivity contribution >= 4 is 65.1 Å². The molecule has 0 radical (unpaired) electrons. The monoisotopic (exact) mass is 1050 g/mol. The maximum atomic E-state index is 14.7. The molecule has 0 unspecified atom stereocenters. The van der Waals surface area contributed by atoms with Crippen molar-refractivity contribution in [3.63, 3.8) is 0 Å². The van der Waals surface area contributed by atoms with Crippen molar-refractivity contribution in [1.82, 2.24) is 47.0 Å². The fourth-order valence-electron chi connectivity index (χ4n) is 8.85. The SMILES string of the molecule is CC(C)C[C@@H]1NC(=O)[C@H](CC(=O)O)NC(=O)CNC(=O)[C@H](CCCN=C(N)N)NC(=O)[C@H](Cc2ccccc2)NC(=O)[C@H](CCCCN)N(C)C(=O)[C@@H]2CCCN2C(=O)[C@H](Cc2ccccc2)NC(=O)[C@H](C)NC1=O. The Hall–Kier alpha value is -7.63. The molecule has 410 valence electrons. The van der Waals surface area contributed by atoms with E-state index in [1.165, 1.54) is 23.8 Å². The molecule has 24 heteroatoms. The number of amides is 9. The fourth-order valence-corrected chi connectivity index (χ4v) is 8.85. The highest BCUT2D eigenvalue weighted by Crippen LogP contribution is 2.24. The predicted octanol–water partition coefficient (Wildman–Crippen LogP) is -1.95. The average molecular weight is 1050 g/mol. The summed E-state index contributed by atoms with van der Waals surface area (Å²) in [6.07, 6.45) is 0.745. The van der Waals surface area contributed by atoms with Crippen LogP contribution in [0.15, 0.2) is 65.7 Å². The van der Waals surface area contributed by atoms with Gasteiger partial charge in [-0.15, -0.1) is 0 Å². The molecule has 75 heavy (non-hydrogen) atoms. The van der Waals surface area contributed by atoms with Crippen LogP contribution in [0.2, 0.25) is 0 Å². The first-order valence-corrected chi connectivity index (χ1v) is 25.4. The van der Waals surface area contributed by atoms with Crippen molar-refractivity contribution in [3.8, 4) is 0 Å². The van der Waals surface area contributed by atoms with Crippen LogP contribution in [-0.4, -0.2) is 162 Å². The highest BCUT2D eigenvalue weighted by Gasteiger charge is 2.42. The van der Waals surface area contributed by atoms with Gasteiger partial charge in [0, 0.05) is 33.0 Å². The molecule has 2 saturated heterocycles. The molecule has 0 spiro atoms. The van der Waals surface area contributed by atoms with Crippen LogP contribution < -0.4 is 54.4 Å². The van der Waals surface area contributed by atoms with Crippen LogP contribution in [0.4, 0.5) is 0 Å². The molecule has 2 heterocycles. The Bertz CT molecular complexity index is 2330. The molecule has 0 saturated carbocycles. The van der Waals surface area contributed by atoms with Gasteiger partial charge < -0.3 is 69.3 Å². The molecule has 0 bridgehead atoms. The van der Waals surface area contributed by atoms with Gasteiger partial charge >= 0.3 is 5.97 Å². The van der Waals surface area contributed by atoms with Crippen LogP contribution in [0, 0.1) is 5.92 Å². The molecule has 2 aromatic carbocycles. The molecular formula is C51H75N13O11. The number of guanidine groups is 1. The van der Waals surface area contributed by atoms with E-state index in [1.54, 1.807) is 74.5 Å². The smallest absolute Gasteiger partial charge is 0.305 e. The van der Waals surface area contributed by atoms with E-state index in [9.17, 15) is 53.1 Å². The number of hydrogen-bond donors (Lipinski definition) is 11. The summed E-state index contributed by atoms with van der Waals surface area (Å²) in [6.45, 7) is 4.57. The van der Waals surface area contributed by atoms with Crippen molar-refractivity contribution in [2.75, 3.05) is 33.2 Å². The zero-order chi connectivity index (χ0) is 55.2. The predicted molar refractivity (Wildman–Crippen MR) is 276 cm³/mol. The molecule has 24 nitrogen and oxygen atoms in total. The van der Waals surface area contributed by atoms with Crippen molar-refractivity contribution in [2.24, 2.45) is 28.1 Å². The van der Waals surface area contributed by atoms with E-state index in [4.69, 9.17) is 17.2 Å². The largest absolute Gasteiger partial charge is 0.481 e. The lowest BCUT2D eigenvalue weighted by Crippen LogP contribution is -2.60. The Balaban J connectivity index is 1.81. The second kappa shape index (κ2) is 29.9. The maximum Gasteiger partial charge on any atom is 0.305 e. The van der Waals surface area contributed by atoms with E-state index >= 15 is 0 Å². The van der Waals surface area contributed by atoms with Crippen LogP contribution in [0.1, 0.15) is 89.7 Å². The molecule has 0 aromatic heterocycles. The van der Waals surface area contributed by atoms with Crippen LogP contribution in [0.25, 0.3) is 0 Å². The van der Waals surface area contributed by atoms with E-state index in [0.29, 0.717) is 30.4 Å². The van der Waals surface area contributed by atoms with Crippen molar-refractivity contribution in [3.05, 3.63) is 71.8 Å². The number of carboxylic acids is 1. The second-order valence-electron chi connectivity index (χ2n) is 19.3. The summed E-state index contributed by atoms with van der Waals surface area (Å²) >= 11 is 0. The van der Waals surface area contributed by atoms with Crippen LogP contribution >= 0.6 is 0 Å². The van der Waals surface area contributed by atoms with E-state index in [2.05, 4.69) is 42.2 Å². The van der Waals surface area contributed by atoms with E-state index in [-0.39, 0.29) is 76.5 Å². The number of carboxylic acid groups (broad SMARTS) is 1. The van der Waals surface area contributed by atoms with Crippen molar-refractivity contribution in [2.45, 2.75) is 140 Å². The Morgan fingerprint density at radius 3 is 1.85 bits per heavy atom. The normalized spacial score (nSPS) is 24.4. The van der Waals surface area contributed by atoms with Gasteiger partial charge in [0.15, 0.2) is 5.96 Å². The Morgan fingerprint density at radius 2 is 1.25 bits per heavy atom. The standard InChI is InChI=1S/C51H75N13O11/c1-30(2)25-35-45(70)57-31(3)43(68)62-38(27-33-17-9-6-10-18-33)49(74)64-24-14-21-40(64)50(75)63(4)39(20-11-12-22-52)48(73)61-36(26-32-15-7-5-8-16-32)46(71)59-34(19-13-23-55-51(53)54)44(69)56-29-41(65)58-37(28-42(66)67)47(72)60-35/h5-10,15-18,30-31,34-40H,11-14,19-29,52H2,1-4H3,(H,56,69)(H,57,70)(H,58,65)(H,59,71)(H,60,72)(H,61,73)(H,62,68)(H,66,67)(H4,53,54,55)/t31-,34-,35-,36-,37-,38-,39-,40-/m0/s1. The molecule has 2 aliphatic rings. The fraction of sp³-hybridized carbons (Fsp3) is 0.549. The first-order valence-electron chi connectivity index (χ1n) is 25.4. The number of nitrogens with zero attached hydrogens (tertiary/aromatic N) is 3. The number of aliphatic carboxylic acids is 1. The number of carbonyl (C=O) groups is 10. The lowest BCUT2D eigenvalue weighted by Gasteiger charge is -2.35. The minimum absolute atomic E-state index is 0.00469. The molecule has 0 aliphatic carbocycles.